The number of nitrogens with one attached hydrogen (secondary N) is 1. The Bertz CT molecular complexity index is 385. The Morgan fingerprint density at radius 1 is 1.21 bits per heavy atom. The summed E-state index contributed by atoms with van der Waals surface area (Å²) in [6, 6.07) is 10.4. The molecule has 0 radical (unpaired) electrons. The van der Waals surface area contributed by atoms with E-state index in [-0.39, 0.29) is 11.9 Å². The van der Waals surface area contributed by atoms with Crippen LogP contribution in [-0.4, -0.2) is 30.4 Å². The molecule has 1 aromatic rings. The van der Waals surface area contributed by atoms with E-state index < -0.39 is 0 Å². The molecule has 1 N–H and O–H groups in total. The average molecular weight is 260 g/mol. The zero-order chi connectivity index (χ0) is 13.5. The van der Waals surface area contributed by atoms with Gasteiger partial charge in [0.05, 0.1) is 6.04 Å². The van der Waals surface area contributed by atoms with Gasteiger partial charge in [-0.2, -0.15) is 0 Å². The number of carbonyl (C=O) groups excluding carboxylic acids is 1. The van der Waals surface area contributed by atoms with E-state index in [4.69, 9.17) is 0 Å². The monoisotopic (exact) mass is 260 g/mol. The fourth-order valence-corrected chi connectivity index (χ4v) is 2.75. The van der Waals surface area contributed by atoms with Crippen molar-refractivity contribution in [3.05, 3.63) is 35.9 Å². The van der Waals surface area contributed by atoms with Crippen LogP contribution in [0.25, 0.3) is 0 Å². The van der Waals surface area contributed by atoms with Crippen molar-refractivity contribution in [2.45, 2.75) is 38.6 Å². The maximum Gasteiger partial charge on any atom is 0.217 e. The second-order valence-corrected chi connectivity index (χ2v) is 5.35. The van der Waals surface area contributed by atoms with Gasteiger partial charge in [0.2, 0.25) is 5.91 Å². The minimum absolute atomic E-state index is 0.0486. The number of benzene rings is 1. The quantitative estimate of drug-likeness (QED) is 0.883. The van der Waals surface area contributed by atoms with Gasteiger partial charge in [-0.1, -0.05) is 36.8 Å². The smallest absolute Gasteiger partial charge is 0.217 e. The maximum absolute atomic E-state index is 11.4. The molecule has 1 atom stereocenters. The number of nitrogens with zero attached hydrogens (tertiary/aromatic N) is 1. The highest BCUT2D eigenvalue weighted by atomic mass is 16.1. The van der Waals surface area contributed by atoms with Gasteiger partial charge in [0.25, 0.3) is 0 Å². The third-order valence-corrected chi connectivity index (χ3v) is 3.76. The Hall–Kier alpha value is -1.35. The van der Waals surface area contributed by atoms with E-state index in [1.165, 1.54) is 37.9 Å². The Morgan fingerprint density at radius 2 is 1.89 bits per heavy atom. The van der Waals surface area contributed by atoms with E-state index in [1.807, 2.05) is 18.2 Å². The summed E-state index contributed by atoms with van der Waals surface area (Å²) in [4.78, 5) is 13.9. The summed E-state index contributed by atoms with van der Waals surface area (Å²) >= 11 is 0. The van der Waals surface area contributed by atoms with Crippen LogP contribution in [-0.2, 0) is 4.79 Å². The number of rotatable bonds is 5. The van der Waals surface area contributed by atoms with Crippen LogP contribution < -0.4 is 5.32 Å². The summed E-state index contributed by atoms with van der Waals surface area (Å²) in [5.41, 5.74) is 1.20. The SMILES string of the molecule is CC(=O)NC(CCN1CCCCC1)c1ccccc1. The third kappa shape index (κ3) is 4.67. The molecule has 19 heavy (non-hydrogen) atoms. The summed E-state index contributed by atoms with van der Waals surface area (Å²) < 4.78 is 0. The zero-order valence-electron chi connectivity index (χ0n) is 11.8. The molecule has 104 valence electrons. The fraction of sp³-hybridized carbons (Fsp3) is 0.562. The van der Waals surface area contributed by atoms with E-state index >= 15 is 0 Å². The summed E-state index contributed by atoms with van der Waals surface area (Å²) in [7, 11) is 0. The molecule has 1 saturated heterocycles. The average Bonchev–Trinajstić information content (AvgIpc) is 2.45. The predicted molar refractivity (Wildman–Crippen MR) is 77.9 cm³/mol. The number of hydrogen-bond donors (Lipinski definition) is 1. The van der Waals surface area contributed by atoms with Gasteiger partial charge in [-0.3, -0.25) is 4.79 Å². The van der Waals surface area contributed by atoms with Crippen molar-refractivity contribution < 1.29 is 4.79 Å². The van der Waals surface area contributed by atoms with Gasteiger partial charge < -0.3 is 10.2 Å². The molecule has 1 aromatic carbocycles. The first-order valence-electron chi connectivity index (χ1n) is 7.30. The molecule has 1 aliphatic heterocycles. The Labute approximate surface area is 116 Å². The lowest BCUT2D eigenvalue weighted by atomic mass is 10.0. The normalized spacial score (nSPS) is 17.9. The molecule has 0 aromatic heterocycles. The molecule has 0 spiro atoms. The summed E-state index contributed by atoms with van der Waals surface area (Å²) in [5, 5.41) is 3.07. The standard InChI is InChI=1S/C16H24N2O/c1-14(19)17-16(15-8-4-2-5-9-15)10-13-18-11-6-3-7-12-18/h2,4-5,8-9,16H,3,6-7,10-13H2,1H3,(H,17,19). The molecule has 0 saturated carbocycles. The molecule has 3 heteroatoms. The third-order valence-electron chi connectivity index (χ3n) is 3.76. The highest BCUT2D eigenvalue weighted by molar-refractivity contribution is 5.73. The first kappa shape index (κ1) is 14.1. The number of piperidine rings is 1. The van der Waals surface area contributed by atoms with Crippen molar-refractivity contribution in [3.8, 4) is 0 Å². The van der Waals surface area contributed by atoms with E-state index in [0.717, 1.165) is 13.0 Å². The van der Waals surface area contributed by atoms with E-state index in [2.05, 4.69) is 22.3 Å². The van der Waals surface area contributed by atoms with Crippen molar-refractivity contribution in [1.82, 2.24) is 10.2 Å². The summed E-state index contributed by atoms with van der Waals surface area (Å²) in [6.45, 7) is 5.08. The van der Waals surface area contributed by atoms with Crippen LogP contribution in [0.3, 0.4) is 0 Å². The first-order valence-corrected chi connectivity index (χ1v) is 7.30. The van der Waals surface area contributed by atoms with Crippen molar-refractivity contribution in [3.63, 3.8) is 0 Å². The number of hydrogen-bond acceptors (Lipinski definition) is 2. The summed E-state index contributed by atoms with van der Waals surface area (Å²) in [5.74, 6) is 0.0486. The van der Waals surface area contributed by atoms with Gasteiger partial charge in [-0.15, -0.1) is 0 Å². The minimum atomic E-state index is 0.0486. The summed E-state index contributed by atoms with van der Waals surface area (Å²) in [6.07, 6.45) is 4.99. The van der Waals surface area contributed by atoms with Crippen LogP contribution in [0.2, 0.25) is 0 Å². The van der Waals surface area contributed by atoms with Crippen LogP contribution in [0, 0.1) is 0 Å². The Kier molecular flexibility index (Phi) is 5.40. The molecule has 1 heterocycles. The Balaban J connectivity index is 1.92. The Morgan fingerprint density at radius 3 is 2.53 bits per heavy atom. The van der Waals surface area contributed by atoms with Crippen molar-refractivity contribution in [2.75, 3.05) is 19.6 Å². The van der Waals surface area contributed by atoms with Crippen molar-refractivity contribution in [2.24, 2.45) is 0 Å². The van der Waals surface area contributed by atoms with E-state index in [1.54, 1.807) is 6.92 Å². The largest absolute Gasteiger partial charge is 0.349 e. The molecule has 0 bridgehead atoms. The predicted octanol–water partition coefficient (Wildman–Crippen LogP) is 2.74. The molecule has 1 fully saturated rings. The highest BCUT2D eigenvalue weighted by Gasteiger charge is 2.15. The number of amides is 1. The molecular formula is C16H24N2O. The number of likely N-dealkylation sites (tertiary alicyclic amines) is 1. The lowest BCUT2D eigenvalue weighted by Gasteiger charge is -2.28. The molecule has 1 amide bonds. The fourth-order valence-electron chi connectivity index (χ4n) is 2.75. The molecule has 2 rings (SSSR count). The van der Waals surface area contributed by atoms with Crippen LogP contribution in [0.5, 0.6) is 0 Å². The zero-order valence-corrected chi connectivity index (χ0v) is 11.8. The lowest BCUT2D eigenvalue weighted by Crippen LogP contribution is -2.34. The lowest BCUT2D eigenvalue weighted by molar-refractivity contribution is -0.119. The van der Waals surface area contributed by atoms with Gasteiger partial charge in [-0.05, 0) is 37.9 Å². The topological polar surface area (TPSA) is 32.3 Å². The van der Waals surface area contributed by atoms with Crippen LogP contribution in [0.1, 0.15) is 44.2 Å². The van der Waals surface area contributed by atoms with Crippen LogP contribution in [0.4, 0.5) is 0 Å². The molecule has 1 aliphatic rings. The van der Waals surface area contributed by atoms with Gasteiger partial charge in [0, 0.05) is 13.5 Å². The van der Waals surface area contributed by atoms with Gasteiger partial charge >= 0.3 is 0 Å². The molecule has 1 unspecified atom stereocenters. The highest BCUT2D eigenvalue weighted by Crippen LogP contribution is 2.18. The van der Waals surface area contributed by atoms with Crippen LogP contribution in [0.15, 0.2) is 30.3 Å². The van der Waals surface area contributed by atoms with E-state index in [9.17, 15) is 4.79 Å². The number of carbonyl (C=O) groups is 1. The first-order chi connectivity index (χ1) is 9.25. The minimum Gasteiger partial charge on any atom is -0.349 e. The maximum atomic E-state index is 11.4. The van der Waals surface area contributed by atoms with Crippen molar-refractivity contribution >= 4 is 5.91 Å². The second kappa shape index (κ2) is 7.29. The molecule has 0 aliphatic carbocycles. The molecular weight excluding hydrogens is 236 g/mol. The van der Waals surface area contributed by atoms with Gasteiger partial charge in [0.1, 0.15) is 0 Å². The van der Waals surface area contributed by atoms with E-state index in [0.29, 0.717) is 0 Å². The van der Waals surface area contributed by atoms with Crippen molar-refractivity contribution in [1.29, 1.82) is 0 Å². The van der Waals surface area contributed by atoms with Gasteiger partial charge in [-0.25, -0.2) is 0 Å². The molecule has 3 nitrogen and oxygen atoms in total. The van der Waals surface area contributed by atoms with Crippen LogP contribution >= 0.6 is 0 Å². The second-order valence-electron chi connectivity index (χ2n) is 5.35. The van der Waals surface area contributed by atoms with Gasteiger partial charge in [0.15, 0.2) is 0 Å².